The predicted molar refractivity (Wildman–Crippen MR) is 95.6 cm³/mol. The van der Waals surface area contributed by atoms with Crippen molar-refractivity contribution in [1.82, 2.24) is 9.99 Å². The van der Waals surface area contributed by atoms with Crippen LogP contribution in [0.4, 0.5) is 0 Å². The van der Waals surface area contributed by atoms with Gasteiger partial charge in [0.25, 0.3) is 0 Å². The number of ether oxygens (including phenoxy) is 2. The highest BCUT2D eigenvalue weighted by molar-refractivity contribution is 7.80. The third-order valence-corrected chi connectivity index (χ3v) is 3.00. The van der Waals surface area contributed by atoms with Gasteiger partial charge in [-0.05, 0) is 50.3 Å². The molecule has 2 rings (SSSR count). The second kappa shape index (κ2) is 8.19. The van der Waals surface area contributed by atoms with Crippen molar-refractivity contribution in [2.45, 2.75) is 13.8 Å². The van der Waals surface area contributed by atoms with Crippen LogP contribution in [0.3, 0.4) is 0 Å². The van der Waals surface area contributed by atoms with Gasteiger partial charge in [-0.2, -0.15) is 5.10 Å². The zero-order valence-corrected chi connectivity index (χ0v) is 14.0. The number of aromatic nitrogens is 1. The zero-order valence-electron chi connectivity index (χ0n) is 13.2. The monoisotopic (exact) mass is 332 g/mol. The molecule has 3 N–H and O–H groups in total. The Labute approximate surface area is 140 Å². The standard InChI is InChI=1S/C16H20N4O2S/c1-3-21-13-9-12(11-18-19-16(17)23)10-14(22-4-2)15(13)20-7-5-6-8-20/h5-11H,3-4H2,1-2H3,(H3,17,19,23). The summed E-state index contributed by atoms with van der Waals surface area (Å²) >= 11 is 4.72. The van der Waals surface area contributed by atoms with E-state index >= 15 is 0 Å². The fourth-order valence-electron chi connectivity index (χ4n) is 2.12. The van der Waals surface area contributed by atoms with Crippen molar-refractivity contribution in [2.75, 3.05) is 13.2 Å². The van der Waals surface area contributed by atoms with Gasteiger partial charge in [-0.1, -0.05) is 0 Å². The molecule has 1 aromatic carbocycles. The SMILES string of the molecule is CCOc1cc(C=NNC(N)=S)cc(OCC)c1-n1cccc1. The second-order valence-electron chi connectivity index (χ2n) is 4.56. The molecule has 0 fully saturated rings. The average Bonchev–Trinajstić information content (AvgIpc) is 3.01. The highest BCUT2D eigenvalue weighted by Crippen LogP contribution is 2.34. The van der Waals surface area contributed by atoms with E-state index in [2.05, 4.69) is 10.5 Å². The van der Waals surface area contributed by atoms with Crippen molar-refractivity contribution in [3.05, 3.63) is 42.2 Å². The van der Waals surface area contributed by atoms with Gasteiger partial charge in [-0.3, -0.25) is 5.43 Å². The topological polar surface area (TPSA) is 73.8 Å². The third kappa shape index (κ3) is 4.46. The van der Waals surface area contributed by atoms with Gasteiger partial charge >= 0.3 is 0 Å². The quantitative estimate of drug-likeness (QED) is 0.463. The van der Waals surface area contributed by atoms with Crippen LogP contribution in [0.25, 0.3) is 5.69 Å². The molecule has 122 valence electrons. The van der Waals surface area contributed by atoms with Gasteiger partial charge in [-0.25, -0.2) is 0 Å². The molecule has 1 aromatic heterocycles. The van der Waals surface area contributed by atoms with Crippen molar-refractivity contribution >= 4 is 23.5 Å². The van der Waals surface area contributed by atoms with E-state index in [9.17, 15) is 0 Å². The molecule has 7 heteroatoms. The van der Waals surface area contributed by atoms with Gasteiger partial charge in [0, 0.05) is 18.0 Å². The van der Waals surface area contributed by atoms with E-state index in [4.69, 9.17) is 27.4 Å². The lowest BCUT2D eigenvalue weighted by molar-refractivity contribution is 0.321. The smallest absolute Gasteiger partial charge is 0.184 e. The van der Waals surface area contributed by atoms with Crippen molar-refractivity contribution < 1.29 is 9.47 Å². The summed E-state index contributed by atoms with van der Waals surface area (Å²) in [4.78, 5) is 0. The number of nitrogens with zero attached hydrogens (tertiary/aromatic N) is 2. The zero-order chi connectivity index (χ0) is 16.7. The van der Waals surface area contributed by atoms with Crippen LogP contribution in [0, 0.1) is 0 Å². The molecule has 0 unspecified atom stereocenters. The van der Waals surface area contributed by atoms with Gasteiger partial charge in [0.15, 0.2) is 5.11 Å². The summed E-state index contributed by atoms with van der Waals surface area (Å²) in [6.07, 6.45) is 5.51. The number of hydrazone groups is 1. The molecular weight excluding hydrogens is 312 g/mol. The van der Waals surface area contributed by atoms with Crippen LogP contribution >= 0.6 is 12.2 Å². The van der Waals surface area contributed by atoms with Crippen molar-refractivity contribution in [3.8, 4) is 17.2 Å². The lowest BCUT2D eigenvalue weighted by Crippen LogP contribution is -2.24. The molecule has 0 radical (unpaired) electrons. The maximum Gasteiger partial charge on any atom is 0.184 e. The van der Waals surface area contributed by atoms with E-state index in [1.165, 1.54) is 0 Å². The minimum atomic E-state index is 0.111. The van der Waals surface area contributed by atoms with Crippen LogP contribution in [0.15, 0.2) is 41.8 Å². The molecule has 0 aliphatic rings. The minimum Gasteiger partial charge on any atom is -0.492 e. The predicted octanol–water partition coefficient (Wildman–Crippen LogP) is 2.44. The van der Waals surface area contributed by atoms with Gasteiger partial charge in [0.05, 0.1) is 19.4 Å². The first-order valence-electron chi connectivity index (χ1n) is 7.31. The summed E-state index contributed by atoms with van der Waals surface area (Å²) in [6.45, 7) is 4.97. The number of hydrogen-bond acceptors (Lipinski definition) is 4. The Morgan fingerprint density at radius 2 is 1.78 bits per heavy atom. The molecule has 6 nitrogen and oxygen atoms in total. The van der Waals surface area contributed by atoms with Crippen LogP contribution < -0.4 is 20.6 Å². The van der Waals surface area contributed by atoms with Crippen molar-refractivity contribution in [1.29, 1.82) is 0 Å². The van der Waals surface area contributed by atoms with Crippen LogP contribution in [0.2, 0.25) is 0 Å². The summed E-state index contributed by atoms with van der Waals surface area (Å²) in [5, 5.41) is 4.09. The van der Waals surface area contributed by atoms with E-state index in [1.807, 2.05) is 55.1 Å². The fourth-order valence-corrected chi connectivity index (χ4v) is 2.17. The molecule has 0 aliphatic heterocycles. The van der Waals surface area contributed by atoms with E-state index < -0.39 is 0 Å². The number of benzene rings is 1. The number of nitrogens with two attached hydrogens (primary N) is 1. The van der Waals surface area contributed by atoms with E-state index in [0.29, 0.717) is 24.7 Å². The number of rotatable bonds is 7. The minimum absolute atomic E-state index is 0.111. The lowest BCUT2D eigenvalue weighted by Gasteiger charge is -2.17. The number of thiocarbonyl (C=S) groups is 1. The van der Waals surface area contributed by atoms with Gasteiger partial charge in [0.2, 0.25) is 0 Å². The molecule has 0 atom stereocenters. The first kappa shape index (κ1) is 16.8. The van der Waals surface area contributed by atoms with E-state index in [-0.39, 0.29) is 5.11 Å². The molecule has 0 saturated carbocycles. The summed E-state index contributed by atoms with van der Waals surface area (Å²) in [5.74, 6) is 1.43. The van der Waals surface area contributed by atoms with Crippen LogP contribution in [0.5, 0.6) is 11.5 Å². The number of nitrogens with one attached hydrogen (secondary N) is 1. The van der Waals surface area contributed by atoms with Crippen LogP contribution in [-0.4, -0.2) is 29.1 Å². The molecular formula is C16H20N4O2S. The molecule has 0 saturated heterocycles. The molecule has 0 amide bonds. The Bertz CT molecular complexity index is 656. The van der Waals surface area contributed by atoms with E-state index in [0.717, 1.165) is 11.3 Å². The lowest BCUT2D eigenvalue weighted by atomic mass is 10.1. The normalized spacial score (nSPS) is 10.7. The Balaban J connectivity index is 2.48. The summed E-state index contributed by atoms with van der Waals surface area (Å²) < 4.78 is 13.5. The third-order valence-electron chi connectivity index (χ3n) is 2.91. The first-order valence-corrected chi connectivity index (χ1v) is 7.72. The molecule has 0 bridgehead atoms. The van der Waals surface area contributed by atoms with Crippen LogP contribution in [0.1, 0.15) is 19.4 Å². The Hall–Kier alpha value is -2.54. The maximum atomic E-state index is 5.78. The highest BCUT2D eigenvalue weighted by atomic mass is 32.1. The second-order valence-corrected chi connectivity index (χ2v) is 5.00. The molecule has 2 aromatic rings. The summed E-state index contributed by atoms with van der Waals surface area (Å²) in [7, 11) is 0. The molecule has 1 heterocycles. The van der Waals surface area contributed by atoms with Crippen LogP contribution in [-0.2, 0) is 0 Å². The first-order chi connectivity index (χ1) is 11.2. The maximum absolute atomic E-state index is 5.78. The Kier molecular flexibility index (Phi) is 5.99. The van der Waals surface area contributed by atoms with E-state index in [1.54, 1.807) is 6.21 Å². The largest absolute Gasteiger partial charge is 0.492 e. The fraction of sp³-hybridized carbons (Fsp3) is 0.250. The highest BCUT2D eigenvalue weighted by Gasteiger charge is 2.14. The average molecular weight is 332 g/mol. The Morgan fingerprint density at radius 1 is 1.22 bits per heavy atom. The summed E-state index contributed by atoms with van der Waals surface area (Å²) in [5.41, 5.74) is 9.56. The molecule has 23 heavy (non-hydrogen) atoms. The molecule has 0 spiro atoms. The summed E-state index contributed by atoms with van der Waals surface area (Å²) in [6, 6.07) is 7.69. The number of hydrogen-bond donors (Lipinski definition) is 2. The van der Waals surface area contributed by atoms with Crippen molar-refractivity contribution in [3.63, 3.8) is 0 Å². The van der Waals surface area contributed by atoms with Crippen molar-refractivity contribution in [2.24, 2.45) is 10.8 Å². The van der Waals surface area contributed by atoms with Gasteiger partial charge in [-0.15, -0.1) is 0 Å². The molecule has 0 aliphatic carbocycles. The van der Waals surface area contributed by atoms with Gasteiger partial charge in [0.1, 0.15) is 17.2 Å². The Morgan fingerprint density at radius 3 is 2.26 bits per heavy atom. The van der Waals surface area contributed by atoms with Gasteiger partial charge < -0.3 is 19.8 Å².